The fourth-order valence-corrected chi connectivity index (χ4v) is 11.8. The third-order valence-corrected chi connectivity index (χ3v) is 16.8. The van der Waals surface area contributed by atoms with E-state index in [1.165, 1.54) is 49.0 Å². The molecular weight excluding hydrogens is 1260 g/mol. The van der Waals surface area contributed by atoms with Crippen LogP contribution in [0.2, 0.25) is 0 Å². The van der Waals surface area contributed by atoms with Crippen molar-refractivity contribution >= 4 is 85.3 Å². The summed E-state index contributed by atoms with van der Waals surface area (Å²) in [5.41, 5.74) is 4.08. The van der Waals surface area contributed by atoms with Crippen molar-refractivity contribution in [3.8, 4) is 57.5 Å². The number of carbonyl (C=O) groups excluding carboxylic acids is 4. The second-order valence-electron chi connectivity index (χ2n) is 22.4. The molecule has 8 aromatic rings. The summed E-state index contributed by atoms with van der Waals surface area (Å²) in [4.78, 5) is 61.2. The van der Waals surface area contributed by atoms with E-state index in [0.29, 0.717) is 84.8 Å². The van der Waals surface area contributed by atoms with Crippen molar-refractivity contribution < 1.29 is 66.4 Å². The van der Waals surface area contributed by atoms with Gasteiger partial charge in [-0.2, -0.15) is 0 Å². The van der Waals surface area contributed by atoms with Crippen molar-refractivity contribution in [1.29, 1.82) is 0 Å². The number of amides is 3. The lowest BCUT2D eigenvalue weighted by atomic mass is 9.69. The van der Waals surface area contributed by atoms with Crippen LogP contribution in [0.5, 0.6) is 34.5 Å². The highest BCUT2D eigenvalue weighted by molar-refractivity contribution is 9.10. The molecule has 1 aliphatic carbocycles. The number of rotatable bonds is 15. The van der Waals surface area contributed by atoms with Gasteiger partial charge in [0.05, 0.1) is 43.3 Å². The van der Waals surface area contributed by atoms with E-state index in [1.54, 1.807) is 136 Å². The molecule has 90 heavy (non-hydrogen) atoms. The van der Waals surface area contributed by atoms with Crippen LogP contribution in [0.1, 0.15) is 105 Å². The van der Waals surface area contributed by atoms with Crippen molar-refractivity contribution in [1.82, 2.24) is 14.9 Å². The van der Waals surface area contributed by atoms with Crippen LogP contribution in [0.4, 0.5) is 23.8 Å². The molecule has 4 N–H and O–H groups in total. The zero-order valence-electron chi connectivity index (χ0n) is 51.0. The number of carbonyl (C=O) groups is 4. The Labute approximate surface area is 538 Å². The molecule has 0 saturated carbocycles. The SMILES string of the molecule is CC#Cc1ccc(B(O)O)cc1.COC(=O)c1ccc(-c2ccc(Oc3cc4c(cc3OC)CCN(C(=O)OC(C)(C)C)[C@]4(C)CC(=O)Nc3nccs3)cc2F)cc1.COc1cc2c(cc1Oc1ccc(Br)c(F)c1)[C@@](C)(CC(=O)Nc1nccs1)CCC2. The molecule has 2 aromatic heterocycles. The van der Waals surface area contributed by atoms with E-state index in [9.17, 15) is 23.6 Å². The highest BCUT2D eigenvalue weighted by atomic mass is 79.9. The molecule has 2 atom stereocenters. The molecule has 0 saturated heterocycles. The number of thiazole rings is 2. The van der Waals surface area contributed by atoms with Crippen LogP contribution in [-0.2, 0) is 42.9 Å². The van der Waals surface area contributed by atoms with Crippen LogP contribution in [-0.4, -0.2) is 89.4 Å². The smallest absolute Gasteiger partial charge is 0.488 e. The number of hydrogen-bond acceptors (Lipinski definition) is 16. The summed E-state index contributed by atoms with van der Waals surface area (Å²) >= 11 is 5.84. The largest absolute Gasteiger partial charge is 0.493 e. The van der Waals surface area contributed by atoms with Crippen LogP contribution in [0.3, 0.4) is 0 Å². The first-order valence-electron chi connectivity index (χ1n) is 28.4. The number of methoxy groups -OCH3 is 3. The minimum absolute atomic E-state index is 0.0708. The lowest BCUT2D eigenvalue weighted by Crippen LogP contribution is -2.54. The van der Waals surface area contributed by atoms with Gasteiger partial charge in [-0.3, -0.25) is 14.5 Å². The summed E-state index contributed by atoms with van der Waals surface area (Å²) in [6.45, 7) is 11.3. The van der Waals surface area contributed by atoms with E-state index in [4.69, 9.17) is 38.5 Å². The summed E-state index contributed by atoms with van der Waals surface area (Å²) in [5, 5.41) is 27.9. The standard InChI is InChI=1S/C35H36FN3O7S.C23H22BrFN2O3S.C9H9BO2/c1-34(2,3)46-33(42)39-15-13-23-17-28(43-5)29(19-26(23)35(39,4)20-30(40)38-32-37-14-16-47-32)45-24-11-12-25(27(36)18-24)21-7-9-22(10-8-21)31(41)44-6;1-23(13-21(28)27-22-26-8-9-31-22)7-3-4-14-10-19(29-2)20(12-16(14)23)30-15-5-6-17(24)18(25)11-15;1-2-3-8-4-6-9(7-5-8)10(11)12/h7-12,14,16-19H,13,15,20H2,1-6H3,(H,37,38,40);5-6,8-12H,3-4,7,13H2,1-2H3,(H,26,27,28);4-7,11-12H,1H3/t35-;23-;/m11./s1. The molecule has 2 aliphatic rings. The second-order valence-corrected chi connectivity index (χ2v) is 25.0. The maximum atomic E-state index is 15.4. The fourth-order valence-electron chi connectivity index (χ4n) is 10.5. The third kappa shape index (κ3) is 17.0. The topological polar surface area (TPSA) is 217 Å². The van der Waals surface area contributed by atoms with Gasteiger partial charge in [0.1, 0.15) is 28.7 Å². The van der Waals surface area contributed by atoms with Crippen LogP contribution >= 0.6 is 38.6 Å². The molecular formula is C67H67BBrF2N5O12S2. The van der Waals surface area contributed by atoms with Crippen molar-refractivity contribution in [2.75, 3.05) is 38.5 Å². The maximum Gasteiger partial charge on any atom is 0.488 e. The third-order valence-electron chi connectivity index (χ3n) is 14.8. The Kier molecular flexibility index (Phi) is 22.3. The van der Waals surface area contributed by atoms with Crippen molar-refractivity contribution in [2.45, 2.75) is 96.6 Å². The molecule has 0 spiro atoms. The van der Waals surface area contributed by atoms with Crippen molar-refractivity contribution in [3.05, 3.63) is 182 Å². The van der Waals surface area contributed by atoms with Crippen LogP contribution in [0.15, 0.2) is 137 Å². The predicted octanol–water partition coefficient (Wildman–Crippen LogP) is 13.8. The average Bonchev–Trinajstić information content (AvgIpc) is 1.38. The number of nitrogens with one attached hydrogen (secondary N) is 2. The van der Waals surface area contributed by atoms with Gasteiger partial charge in [0.2, 0.25) is 11.8 Å². The lowest BCUT2D eigenvalue weighted by molar-refractivity contribution is -0.119. The van der Waals surface area contributed by atoms with Gasteiger partial charge in [-0.25, -0.2) is 28.3 Å². The van der Waals surface area contributed by atoms with E-state index >= 15 is 4.39 Å². The van der Waals surface area contributed by atoms with Crippen molar-refractivity contribution in [2.24, 2.45) is 0 Å². The molecule has 3 amide bonds. The summed E-state index contributed by atoms with van der Waals surface area (Å²) in [6, 6.07) is 29.7. The molecule has 0 fully saturated rings. The number of esters is 1. The van der Waals surface area contributed by atoms with Crippen LogP contribution in [0.25, 0.3) is 11.1 Å². The van der Waals surface area contributed by atoms with Crippen LogP contribution < -0.4 is 35.0 Å². The Morgan fingerprint density at radius 2 is 1.29 bits per heavy atom. The average molecular weight is 1330 g/mol. The minimum atomic E-state index is -1.39. The first-order valence-corrected chi connectivity index (χ1v) is 31.0. The van der Waals surface area contributed by atoms with Gasteiger partial charge in [-0.15, -0.1) is 28.6 Å². The zero-order chi connectivity index (χ0) is 64.9. The fraction of sp³-hybridized carbons (Fsp3) is 0.284. The highest BCUT2D eigenvalue weighted by Gasteiger charge is 2.45. The van der Waals surface area contributed by atoms with Gasteiger partial charge in [0, 0.05) is 64.8 Å². The number of aryl methyl sites for hydroxylation is 1. The van der Waals surface area contributed by atoms with E-state index < -0.39 is 42.0 Å². The van der Waals surface area contributed by atoms with Crippen molar-refractivity contribution in [3.63, 3.8) is 0 Å². The molecule has 1 aliphatic heterocycles. The van der Waals surface area contributed by atoms with Gasteiger partial charge in [-0.1, -0.05) is 37.1 Å². The number of benzene rings is 6. The highest BCUT2D eigenvalue weighted by Crippen LogP contribution is 2.47. The summed E-state index contributed by atoms with van der Waals surface area (Å²) in [6.07, 6.45) is 6.19. The molecule has 6 aromatic carbocycles. The van der Waals surface area contributed by atoms with E-state index in [2.05, 4.69) is 55.3 Å². The van der Waals surface area contributed by atoms with Gasteiger partial charge < -0.3 is 49.1 Å². The number of ether oxygens (including phenoxy) is 6. The minimum Gasteiger partial charge on any atom is -0.493 e. The number of halogens is 3. The summed E-state index contributed by atoms with van der Waals surface area (Å²) in [7, 11) is 2.99. The first kappa shape index (κ1) is 67.3. The molecule has 0 radical (unpaired) electrons. The molecule has 23 heteroatoms. The quantitative estimate of drug-likeness (QED) is 0.0427. The molecule has 10 rings (SSSR count). The van der Waals surface area contributed by atoms with Gasteiger partial charge in [0.15, 0.2) is 33.3 Å². The van der Waals surface area contributed by atoms with E-state index in [1.807, 2.05) is 30.5 Å². The van der Waals surface area contributed by atoms with Gasteiger partial charge in [-0.05, 0) is 182 Å². The Bertz CT molecular complexity index is 3920. The van der Waals surface area contributed by atoms with Gasteiger partial charge >= 0.3 is 19.2 Å². The Morgan fingerprint density at radius 3 is 1.81 bits per heavy atom. The zero-order valence-corrected chi connectivity index (χ0v) is 54.2. The monoisotopic (exact) mass is 1330 g/mol. The molecule has 0 bridgehead atoms. The van der Waals surface area contributed by atoms with E-state index in [0.717, 1.165) is 41.5 Å². The first-order chi connectivity index (χ1) is 42.9. The molecule has 17 nitrogen and oxygen atoms in total. The Morgan fingerprint density at radius 1 is 0.722 bits per heavy atom. The lowest BCUT2D eigenvalue weighted by Gasteiger charge is -2.46. The second kappa shape index (κ2) is 29.8. The molecule has 468 valence electrons. The summed E-state index contributed by atoms with van der Waals surface area (Å²) < 4.78 is 63.6. The normalized spacial score (nSPS) is 15.5. The predicted molar refractivity (Wildman–Crippen MR) is 347 cm³/mol. The number of hydrogen-bond donors (Lipinski definition) is 4. The van der Waals surface area contributed by atoms with Crippen LogP contribution in [0, 0.1) is 23.5 Å². The summed E-state index contributed by atoms with van der Waals surface area (Å²) in [5.74, 6) is 6.14. The Balaban J connectivity index is 0.000000207. The molecule has 3 heterocycles. The van der Waals surface area contributed by atoms with E-state index in [-0.39, 0.29) is 35.1 Å². The number of fused-ring (bicyclic) bond motifs is 2. The number of nitrogens with zero attached hydrogens (tertiary/aromatic N) is 3. The Hall–Kier alpha value is -8.66. The number of aromatic nitrogens is 2. The van der Waals surface area contributed by atoms with Gasteiger partial charge in [0.25, 0.3) is 0 Å². The number of anilines is 2. The maximum absolute atomic E-state index is 15.4. The molecule has 0 unspecified atom stereocenters.